The van der Waals surface area contributed by atoms with Crippen LogP contribution in [0.25, 0.3) is 10.9 Å². The number of para-hydroxylation sites is 1. The van der Waals surface area contributed by atoms with Crippen LogP contribution in [0.15, 0.2) is 72.1 Å². The van der Waals surface area contributed by atoms with Gasteiger partial charge in [0, 0.05) is 22.0 Å². The molecule has 1 aliphatic heterocycles. The van der Waals surface area contributed by atoms with Gasteiger partial charge in [0.2, 0.25) is 0 Å². The third-order valence-electron chi connectivity index (χ3n) is 5.17. The molecule has 8 heteroatoms. The number of pyridine rings is 1. The standard InChI is InChI=1S/C25H20N2O5S/c28-24(16-32-25(29)21-9-7-17-4-1-2-6-20(17)26-21)27(15-19-5-3-13-33-19)18-8-10-22-23(14-18)31-12-11-30-22/h1-10,13-14H,11-12,15-16H2. The zero-order valence-electron chi connectivity index (χ0n) is 17.6. The normalized spacial score (nSPS) is 12.4. The predicted octanol–water partition coefficient (Wildman–Crippen LogP) is 4.46. The third-order valence-corrected chi connectivity index (χ3v) is 6.03. The second-order valence-electron chi connectivity index (χ2n) is 7.35. The van der Waals surface area contributed by atoms with E-state index in [2.05, 4.69) is 4.98 Å². The molecule has 166 valence electrons. The molecule has 0 radical (unpaired) electrons. The topological polar surface area (TPSA) is 78.0 Å². The van der Waals surface area contributed by atoms with Gasteiger partial charge in [-0.05, 0) is 35.7 Å². The Morgan fingerprint density at radius 3 is 2.67 bits per heavy atom. The van der Waals surface area contributed by atoms with E-state index in [0.717, 1.165) is 10.3 Å². The fraction of sp³-hybridized carbons (Fsp3) is 0.160. The Kier molecular flexibility index (Phi) is 5.91. The SMILES string of the molecule is O=C(OCC(=O)N(Cc1cccs1)c1ccc2c(c1)OCCO2)c1ccc2ccccc2n1. The zero-order valence-corrected chi connectivity index (χ0v) is 18.4. The number of hydrogen-bond donors (Lipinski definition) is 0. The van der Waals surface area contributed by atoms with Crippen molar-refractivity contribution in [3.05, 3.63) is 82.7 Å². The molecule has 0 fully saturated rings. The van der Waals surface area contributed by atoms with Crippen LogP contribution in [0.4, 0.5) is 5.69 Å². The highest BCUT2D eigenvalue weighted by Gasteiger charge is 2.22. The van der Waals surface area contributed by atoms with Crippen molar-refractivity contribution in [1.29, 1.82) is 0 Å². The van der Waals surface area contributed by atoms with Gasteiger partial charge in [-0.1, -0.05) is 30.3 Å². The Bertz CT molecular complexity index is 1310. The average Bonchev–Trinajstić information content (AvgIpc) is 3.38. The first-order valence-corrected chi connectivity index (χ1v) is 11.3. The Morgan fingerprint density at radius 2 is 1.82 bits per heavy atom. The van der Waals surface area contributed by atoms with Crippen LogP contribution in [0, 0.1) is 0 Å². The van der Waals surface area contributed by atoms with E-state index in [1.165, 1.54) is 0 Å². The van der Waals surface area contributed by atoms with Crippen molar-refractivity contribution >= 4 is 39.8 Å². The quantitative estimate of drug-likeness (QED) is 0.396. The van der Waals surface area contributed by atoms with Gasteiger partial charge in [0.05, 0.1) is 12.1 Å². The summed E-state index contributed by atoms with van der Waals surface area (Å²) in [7, 11) is 0. The molecule has 0 bridgehead atoms. The highest BCUT2D eigenvalue weighted by Crippen LogP contribution is 2.34. The second-order valence-corrected chi connectivity index (χ2v) is 8.38. The number of aromatic nitrogens is 1. The van der Waals surface area contributed by atoms with Crippen LogP contribution in [0.2, 0.25) is 0 Å². The molecular formula is C25H20N2O5S. The lowest BCUT2D eigenvalue weighted by atomic mass is 10.2. The first-order valence-electron chi connectivity index (χ1n) is 10.4. The van der Waals surface area contributed by atoms with Crippen molar-refractivity contribution in [2.45, 2.75) is 6.54 Å². The Hall–Kier alpha value is -3.91. The van der Waals surface area contributed by atoms with Gasteiger partial charge in [-0.15, -0.1) is 11.3 Å². The number of anilines is 1. The molecule has 7 nitrogen and oxygen atoms in total. The number of carbonyl (C=O) groups is 2. The van der Waals surface area contributed by atoms with Crippen molar-refractivity contribution in [1.82, 2.24) is 4.98 Å². The molecule has 0 saturated carbocycles. The first-order chi connectivity index (χ1) is 16.2. The minimum atomic E-state index is -0.646. The van der Waals surface area contributed by atoms with Crippen LogP contribution in [0.5, 0.6) is 11.5 Å². The fourth-order valence-electron chi connectivity index (χ4n) is 3.54. The highest BCUT2D eigenvalue weighted by atomic mass is 32.1. The van der Waals surface area contributed by atoms with Gasteiger partial charge >= 0.3 is 5.97 Å². The molecule has 0 N–H and O–H groups in total. The van der Waals surface area contributed by atoms with Gasteiger partial charge in [-0.25, -0.2) is 9.78 Å². The van der Waals surface area contributed by atoms with Crippen LogP contribution in [0.3, 0.4) is 0 Å². The van der Waals surface area contributed by atoms with Crippen LogP contribution in [-0.4, -0.2) is 36.7 Å². The van der Waals surface area contributed by atoms with Crippen molar-refractivity contribution in [3.63, 3.8) is 0 Å². The molecule has 4 aromatic rings. The van der Waals surface area contributed by atoms with E-state index in [4.69, 9.17) is 14.2 Å². The van der Waals surface area contributed by atoms with E-state index in [0.29, 0.717) is 42.5 Å². The van der Waals surface area contributed by atoms with E-state index in [1.54, 1.807) is 46.6 Å². The zero-order chi connectivity index (χ0) is 22.6. The number of carbonyl (C=O) groups excluding carboxylic acids is 2. The monoisotopic (exact) mass is 460 g/mol. The van der Waals surface area contributed by atoms with E-state index in [9.17, 15) is 9.59 Å². The second kappa shape index (κ2) is 9.30. The molecule has 1 aliphatic rings. The Balaban J connectivity index is 1.33. The van der Waals surface area contributed by atoms with Gasteiger partial charge in [-0.3, -0.25) is 4.79 Å². The summed E-state index contributed by atoms with van der Waals surface area (Å²) < 4.78 is 16.6. The summed E-state index contributed by atoms with van der Waals surface area (Å²) in [6.45, 7) is 0.879. The molecular weight excluding hydrogens is 440 g/mol. The van der Waals surface area contributed by atoms with Crippen molar-refractivity contribution < 1.29 is 23.8 Å². The fourth-order valence-corrected chi connectivity index (χ4v) is 4.23. The number of amides is 1. The van der Waals surface area contributed by atoms with Gasteiger partial charge in [0.1, 0.15) is 18.9 Å². The van der Waals surface area contributed by atoms with E-state index in [-0.39, 0.29) is 11.6 Å². The lowest BCUT2D eigenvalue weighted by Crippen LogP contribution is -2.34. The van der Waals surface area contributed by atoms with Gasteiger partial charge in [0.25, 0.3) is 5.91 Å². The van der Waals surface area contributed by atoms with E-state index in [1.807, 2.05) is 41.8 Å². The summed E-state index contributed by atoms with van der Waals surface area (Å²) in [6.07, 6.45) is 0. The molecule has 1 amide bonds. The van der Waals surface area contributed by atoms with Gasteiger partial charge < -0.3 is 19.1 Å². The molecule has 0 unspecified atom stereocenters. The van der Waals surface area contributed by atoms with Crippen LogP contribution in [-0.2, 0) is 16.1 Å². The summed E-state index contributed by atoms with van der Waals surface area (Å²) in [5, 5.41) is 2.87. The van der Waals surface area contributed by atoms with Crippen LogP contribution >= 0.6 is 11.3 Å². The maximum atomic E-state index is 13.1. The summed E-state index contributed by atoms with van der Waals surface area (Å²) >= 11 is 1.55. The minimum absolute atomic E-state index is 0.158. The van der Waals surface area contributed by atoms with Crippen molar-refractivity contribution in [2.75, 3.05) is 24.7 Å². The summed E-state index contributed by atoms with van der Waals surface area (Å²) in [4.78, 5) is 32.6. The molecule has 5 rings (SSSR count). The van der Waals surface area contributed by atoms with E-state index >= 15 is 0 Å². The van der Waals surface area contributed by atoms with Gasteiger partial charge in [-0.2, -0.15) is 0 Å². The first kappa shape index (κ1) is 21.0. The molecule has 3 heterocycles. The summed E-state index contributed by atoms with van der Waals surface area (Å²) in [6, 6.07) is 20.1. The smallest absolute Gasteiger partial charge is 0.357 e. The lowest BCUT2D eigenvalue weighted by Gasteiger charge is -2.25. The minimum Gasteiger partial charge on any atom is -0.486 e. The number of hydrogen-bond acceptors (Lipinski definition) is 7. The largest absolute Gasteiger partial charge is 0.486 e. The average molecular weight is 461 g/mol. The van der Waals surface area contributed by atoms with E-state index < -0.39 is 12.6 Å². The van der Waals surface area contributed by atoms with Crippen LogP contribution < -0.4 is 14.4 Å². The molecule has 0 spiro atoms. The van der Waals surface area contributed by atoms with Gasteiger partial charge in [0.15, 0.2) is 18.1 Å². The van der Waals surface area contributed by atoms with Crippen molar-refractivity contribution in [2.24, 2.45) is 0 Å². The molecule has 0 saturated heterocycles. The maximum Gasteiger partial charge on any atom is 0.357 e. The molecule has 33 heavy (non-hydrogen) atoms. The lowest BCUT2D eigenvalue weighted by molar-refractivity contribution is -0.121. The maximum absolute atomic E-state index is 13.1. The molecule has 2 aromatic carbocycles. The number of esters is 1. The number of nitrogens with zero attached hydrogens (tertiary/aromatic N) is 2. The summed E-state index contributed by atoms with van der Waals surface area (Å²) in [5.41, 5.74) is 1.48. The number of thiophene rings is 1. The van der Waals surface area contributed by atoms with Crippen LogP contribution in [0.1, 0.15) is 15.4 Å². The predicted molar refractivity (Wildman–Crippen MR) is 125 cm³/mol. The number of fused-ring (bicyclic) bond motifs is 2. The number of benzene rings is 2. The Labute approximate surface area is 194 Å². The molecule has 2 aromatic heterocycles. The highest BCUT2D eigenvalue weighted by molar-refractivity contribution is 7.09. The molecule has 0 atom stereocenters. The van der Waals surface area contributed by atoms with Crippen molar-refractivity contribution in [3.8, 4) is 11.5 Å². The number of rotatable bonds is 6. The third kappa shape index (κ3) is 4.65. The molecule has 0 aliphatic carbocycles. The Morgan fingerprint density at radius 1 is 0.970 bits per heavy atom. The number of ether oxygens (including phenoxy) is 3. The summed E-state index contributed by atoms with van der Waals surface area (Å²) in [5.74, 6) is 0.226.